The first kappa shape index (κ1) is 11.8. The summed E-state index contributed by atoms with van der Waals surface area (Å²) in [5.74, 6) is -0.227. The van der Waals surface area contributed by atoms with E-state index in [0.717, 1.165) is 5.57 Å². The van der Waals surface area contributed by atoms with E-state index in [-0.39, 0.29) is 17.7 Å². The van der Waals surface area contributed by atoms with Gasteiger partial charge in [0.1, 0.15) is 0 Å². The van der Waals surface area contributed by atoms with Crippen molar-refractivity contribution in [1.82, 2.24) is 4.90 Å². The first-order valence-electron chi connectivity index (χ1n) is 5.02. The molecule has 0 aromatic heterocycles. The fourth-order valence-corrected chi connectivity index (χ4v) is 1.75. The molecule has 0 N–H and O–H groups in total. The van der Waals surface area contributed by atoms with Crippen LogP contribution in [0.2, 0.25) is 0 Å². The van der Waals surface area contributed by atoms with E-state index in [1.807, 2.05) is 19.0 Å². The molecular formula is C11H17NO3. The molecule has 0 amide bonds. The molecule has 0 heterocycles. The maximum Gasteiger partial charge on any atom is 0.309 e. The van der Waals surface area contributed by atoms with Crippen LogP contribution in [0.25, 0.3) is 0 Å². The van der Waals surface area contributed by atoms with Crippen molar-refractivity contribution < 1.29 is 14.3 Å². The minimum Gasteiger partial charge on any atom is -0.469 e. The Hall–Kier alpha value is -1.32. The van der Waals surface area contributed by atoms with Gasteiger partial charge >= 0.3 is 5.97 Å². The second-order valence-electron chi connectivity index (χ2n) is 4.00. The molecule has 0 radical (unpaired) electrons. The molecular weight excluding hydrogens is 194 g/mol. The summed E-state index contributed by atoms with van der Waals surface area (Å²) in [6.45, 7) is 0. The van der Waals surface area contributed by atoms with Crippen LogP contribution in [0.3, 0.4) is 0 Å². The molecule has 0 bridgehead atoms. The molecule has 0 saturated heterocycles. The van der Waals surface area contributed by atoms with Gasteiger partial charge in [0, 0.05) is 32.3 Å². The molecule has 1 rings (SSSR count). The highest BCUT2D eigenvalue weighted by atomic mass is 16.5. The number of hydrogen-bond acceptors (Lipinski definition) is 4. The number of hydrogen-bond donors (Lipinski definition) is 0. The zero-order chi connectivity index (χ0) is 11.4. The lowest BCUT2D eigenvalue weighted by atomic mass is 9.85. The average Bonchev–Trinajstić information content (AvgIpc) is 2.19. The van der Waals surface area contributed by atoms with Crippen molar-refractivity contribution in [2.24, 2.45) is 5.92 Å². The van der Waals surface area contributed by atoms with Crippen molar-refractivity contribution in [3.8, 4) is 0 Å². The topological polar surface area (TPSA) is 46.6 Å². The van der Waals surface area contributed by atoms with Crippen molar-refractivity contribution in [2.45, 2.75) is 19.3 Å². The number of ketones is 1. The van der Waals surface area contributed by atoms with Crippen molar-refractivity contribution in [2.75, 3.05) is 21.2 Å². The molecule has 4 heteroatoms. The van der Waals surface area contributed by atoms with Crippen molar-refractivity contribution in [1.29, 1.82) is 0 Å². The number of carbonyl (C=O) groups is 2. The van der Waals surface area contributed by atoms with E-state index in [0.29, 0.717) is 19.3 Å². The highest BCUT2D eigenvalue weighted by Crippen LogP contribution is 2.26. The van der Waals surface area contributed by atoms with Crippen LogP contribution in [0.5, 0.6) is 0 Å². The van der Waals surface area contributed by atoms with Gasteiger partial charge in [0.05, 0.1) is 13.0 Å². The molecule has 1 saturated carbocycles. The van der Waals surface area contributed by atoms with Gasteiger partial charge < -0.3 is 9.64 Å². The molecule has 4 nitrogen and oxygen atoms in total. The number of allylic oxidation sites excluding steroid dienone is 1. The van der Waals surface area contributed by atoms with Crippen LogP contribution in [0.15, 0.2) is 11.8 Å². The number of methoxy groups -OCH3 is 1. The molecule has 1 fully saturated rings. The molecule has 0 spiro atoms. The first-order valence-corrected chi connectivity index (χ1v) is 5.02. The maximum absolute atomic E-state index is 11.5. The Morgan fingerprint density at radius 3 is 2.73 bits per heavy atom. The van der Waals surface area contributed by atoms with Crippen LogP contribution in [0.4, 0.5) is 0 Å². The Bertz CT molecular complexity index is 294. The SMILES string of the molecule is COC(=O)C1CCC(=O)/C(=C\N(C)C)C1. The van der Waals surface area contributed by atoms with Gasteiger partial charge in [0.15, 0.2) is 5.78 Å². The Labute approximate surface area is 89.9 Å². The summed E-state index contributed by atoms with van der Waals surface area (Å²) in [4.78, 5) is 24.7. The Kier molecular flexibility index (Phi) is 3.88. The lowest BCUT2D eigenvalue weighted by Crippen LogP contribution is -2.25. The molecule has 1 unspecified atom stereocenters. The third-order valence-corrected chi connectivity index (χ3v) is 2.49. The standard InChI is InChI=1S/C11H17NO3/c1-12(2)7-9-6-8(11(14)15-3)4-5-10(9)13/h7-8H,4-6H2,1-3H3/b9-7-. The van der Waals surface area contributed by atoms with E-state index in [1.165, 1.54) is 7.11 Å². The smallest absolute Gasteiger partial charge is 0.309 e. The number of Topliss-reactive ketones (excluding diaryl/α,β-unsaturated/α-hetero) is 1. The minimum atomic E-state index is -0.216. The highest BCUT2D eigenvalue weighted by Gasteiger charge is 2.29. The second-order valence-corrected chi connectivity index (χ2v) is 4.00. The first-order chi connectivity index (χ1) is 7.04. The van der Waals surface area contributed by atoms with E-state index < -0.39 is 0 Å². The van der Waals surface area contributed by atoms with Crippen LogP contribution >= 0.6 is 0 Å². The average molecular weight is 211 g/mol. The van der Waals surface area contributed by atoms with Crippen LogP contribution in [0, 0.1) is 5.92 Å². The predicted octanol–water partition coefficient (Wildman–Crippen LogP) is 0.974. The van der Waals surface area contributed by atoms with Gasteiger partial charge in [0.25, 0.3) is 0 Å². The molecule has 0 aromatic rings. The van der Waals surface area contributed by atoms with Crippen LogP contribution in [-0.2, 0) is 14.3 Å². The number of esters is 1. The van der Waals surface area contributed by atoms with Crippen LogP contribution in [0.1, 0.15) is 19.3 Å². The predicted molar refractivity (Wildman–Crippen MR) is 56.1 cm³/mol. The van der Waals surface area contributed by atoms with Crippen LogP contribution in [-0.4, -0.2) is 37.9 Å². The zero-order valence-corrected chi connectivity index (χ0v) is 9.45. The van der Waals surface area contributed by atoms with E-state index >= 15 is 0 Å². The van der Waals surface area contributed by atoms with E-state index in [1.54, 1.807) is 6.20 Å². The molecule has 1 aliphatic carbocycles. The Balaban J connectivity index is 2.72. The molecule has 15 heavy (non-hydrogen) atoms. The molecule has 0 aliphatic heterocycles. The van der Waals surface area contributed by atoms with Gasteiger partial charge in [-0.25, -0.2) is 0 Å². The summed E-state index contributed by atoms with van der Waals surface area (Å²) in [6, 6.07) is 0. The third-order valence-electron chi connectivity index (χ3n) is 2.49. The highest BCUT2D eigenvalue weighted by molar-refractivity contribution is 5.97. The minimum absolute atomic E-state index is 0.142. The summed E-state index contributed by atoms with van der Waals surface area (Å²) in [5.41, 5.74) is 0.724. The Morgan fingerprint density at radius 1 is 1.53 bits per heavy atom. The summed E-state index contributed by atoms with van der Waals surface area (Å²) in [5, 5.41) is 0. The molecule has 1 aliphatic rings. The summed E-state index contributed by atoms with van der Waals surface area (Å²) < 4.78 is 4.69. The fourth-order valence-electron chi connectivity index (χ4n) is 1.75. The monoisotopic (exact) mass is 211 g/mol. The fraction of sp³-hybridized carbons (Fsp3) is 0.636. The van der Waals surface area contributed by atoms with Crippen LogP contribution < -0.4 is 0 Å². The lowest BCUT2D eigenvalue weighted by Gasteiger charge is -2.22. The number of nitrogens with zero attached hydrogens (tertiary/aromatic N) is 1. The number of carbonyl (C=O) groups excluding carboxylic acids is 2. The normalized spacial score (nSPS) is 24.1. The van der Waals surface area contributed by atoms with E-state index in [2.05, 4.69) is 4.74 Å². The summed E-state index contributed by atoms with van der Waals surface area (Å²) in [7, 11) is 5.11. The zero-order valence-electron chi connectivity index (χ0n) is 9.45. The molecule has 0 aromatic carbocycles. The van der Waals surface area contributed by atoms with Gasteiger partial charge in [-0.15, -0.1) is 0 Å². The van der Waals surface area contributed by atoms with Crippen molar-refractivity contribution in [3.63, 3.8) is 0 Å². The van der Waals surface area contributed by atoms with Gasteiger partial charge in [-0.1, -0.05) is 0 Å². The largest absolute Gasteiger partial charge is 0.469 e. The number of ether oxygens (including phenoxy) is 1. The third kappa shape index (κ3) is 3.08. The molecule has 1 atom stereocenters. The summed E-state index contributed by atoms with van der Waals surface area (Å²) in [6.07, 6.45) is 3.34. The van der Waals surface area contributed by atoms with E-state index in [4.69, 9.17) is 0 Å². The Morgan fingerprint density at radius 2 is 2.20 bits per heavy atom. The van der Waals surface area contributed by atoms with Gasteiger partial charge in [-0.05, 0) is 12.8 Å². The summed E-state index contributed by atoms with van der Waals surface area (Å²) >= 11 is 0. The van der Waals surface area contributed by atoms with Gasteiger partial charge in [-0.3, -0.25) is 9.59 Å². The number of rotatable bonds is 2. The lowest BCUT2D eigenvalue weighted by molar-refractivity contribution is -0.146. The van der Waals surface area contributed by atoms with Crippen molar-refractivity contribution >= 4 is 11.8 Å². The molecule has 84 valence electrons. The van der Waals surface area contributed by atoms with E-state index in [9.17, 15) is 9.59 Å². The van der Waals surface area contributed by atoms with Gasteiger partial charge in [-0.2, -0.15) is 0 Å². The second kappa shape index (κ2) is 4.96. The maximum atomic E-state index is 11.5. The van der Waals surface area contributed by atoms with Crippen molar-refractivity contribution in [3.05, 3.63) is 11.8 Å². The quantitative estimate of drug-likeness (QED) is 0.504. The van der Waals surface area contributed by atoms with Gasteiger partial charge in [0.2, 0.25) is 0 Å².